The Labute approximate surface area is 108 Å². The summed E-state index contributed by atoms with van der Waals surface area (Å²) in [7, 11) is 0. The Morgan fingerprint density at radius 3 is 2.78 bits per heavy atom. The molecule has 4 nitrogen and oxygen atoms in total. The Balaban J connectivity index is 2.06. The molecule has 1 aromatic rings. The fourth-order valence-corrected chi connectivity index (χ4v) is 1.50. The standard InChI is InChI=1S/C14H21NO3/c1-3-17-14(16)8-9-15-10-11-18-13-7-5-4-6-12(13)2/h4-7,15H,3,8-11H2,1-2H3. The normalized spacial score (nSPS) is 10.1. The summed E-state index contributed by atoms with van der Waals surface area (Å²) in [6.07, 6.45) is 0.401. The molecule has 1 aromatic carbocycles. The highest BCUT2D eigenvalue weighted by Gasteiger charge is 2.00. The van der Waals surface area contributed by atoms with Gasteiger partial charge >= 0.3 is 5.97 Å². The summed E-state index contributed by atoms with van der Waals surface area (Å²) in [4.78, 5) is 11.0. The van der Waals surface area contributed by atoms with Crippen LogP contribution < -0.4 is 10.1 Å². The van der Waals surface area contributed by atoms with Gasteiger partial charge in [0.25, 0.3) is 0 Å². The van der Waals surface area contributed by atoms with E-state index in [1.807, 2.05) is 31.2 Å². The summed E-state index contributed by atoms with van der Waals surface area (Å²) in [6, 6.07) is 7.91. The van der Waals surface area contributed by atoms with Crippen LogP contribution >= 0.6 is 0 Å². The molecule has 18 heavy (non-hydrogen) atoms. The lowest BCUT2D eigenvalue weighted by atomic mass is 10.2. The minimum atomic E-state index is -0.162. The molecule has 0 saturated heterocycles. The lowest BCUT2D eigenvalue weighted by molar-refractivity contribution is -0.142. The smallest absolute Gasteiger partial charge is 0.307 e. The second kappa shape index (κ2) is 8.53. The van der Waals surface area contributed by atoms with Gasteiger partial charge in [0.1, 0.15) is 12.4 Å². The lowest BCUT2D eigenvalue weighted by Gasteiger charge is -2.09. The molecule has 0 fully saturated rings. The van der Waals surface area contributed by atoms with Crippen LogP contribution in [0.1, 0.15) is 18.9 Å². The first kappa shape index (κ1) is 14.5. The molecular formula is C14H21NO3. The van der Waals surface area contributed by atoms with Gasteiger partial charge in [0.2, 0.25) is 0 Å². The van der Waals surface area contributed by atoms with Crippen LogP contribution in [0.4, 0.5) is 0 Å². The van der Waals surface area contributed by atoms with E-state index in [2.05, 4.69) is 5.32 Å². The maximum atomic E-state index is 11.0. The van der Waals surface area contributed by atoms with Gasteiger partial charge in [0.05, 0.1) is 13.0 Å². The monoisotopic (exact) mass is 251 g/mol. The van der Waals surface area contributed by atoms with E-state index in [0.29, 0.717) is 32.7 Å². The van der Waals surface area contributed by atoms with Gasteiger partial charge < -0.3 is 14.8 Å². The summed E-state index contributed by atoms with van der Waals surface area (Å²) in [6.45, 7) is 6.19. The molecule has 0 unspecified atom stereocenters. The summed E-state index contributed by atoms with van der Waals surface area (Å²) in [5.41, 5.74) is 1.13. The minimum Gasteiger partial charge on any atom is -0.492 e. The highest BCUT2D eigenvalue weighted by Crippen LogP contribution is 2.15. The number of ether oxygens (including phenoxy) is 2. The van der Waals surface area contributed by atoms with Crippen LogP contribution in [-0.4, -0.2) is 32.3 Å². The van der Waals surface area contributed by atoms with Gasteiger partial charge in [0.15, 0.2) is 0 Å². The van der Waals surface area contributed by atoms with Crippen molar-refractivity contribution < 1.29 is 14.3 Å². The third-order valence-corrected chi connectivity index (χ3v) is 2.44. The van der Waals surface area contributed by atoms with E-state index in [-0.39, 0.29) is 5.97 Å². The van der Waals surface area contributed by atoms with Gasteiger partial charge in [-0.2, -0.15) is 0 Å². The first-order chi connectivity index (χ1) is 8.74. The minimum absolute atomic E-state index is 0.162. The molecule has 0 radical (unpaired) electrons. The van der Waals surface area contributed by atoms with E-state index in [0.717, 1.165) is 11.3 Å². The molecule has 100 valence electrons. The Hall–Kier alpha value is -1.55. The summed E-state index contributed by atoms with van der Waals surface area (Å²) in [5, 5.41) is 3.14. The van der Waals surface area contributed by atoms with Gasteiger partial charge in [-0.1, -0.05) is 18.2 Å². The summed E-state index contributed by atoms with van der Waals surface area (Å²) < 4.78 is 10.4. The van der Waals surface area contributed by atoms with Crippen LogP contribution in [0.25, 0.3) is 0 Å². The Kier molecular flexibility index (Phi) is 6.87. The Bertz CT molecular complexity index is 366. The Morgan fingerprint density at radius 1 is 1.28 bits per heavy atom. The summed E-state index contributed by atoms with van der Waals surface area (Å²) in [5.74, 6) is 0.745. The lowest BCUT2D eigenvalue weighted by Crippen LogP contribution is -2.24. The van der Waals surface area contributed by atoms with E-state index in [1.54, 1.807) is 6.92 Å². The van der Waals surface area contributed by atoms with Crippen molar-refractivity contribution in [2.75, 3.05) is 26.3 Å². The average molecular weight is 251 g/mol. The van der Waals surface area contributed by atoms with Gasteiger partial charge in [-0.05, 0) is 25.5 Å². The fourth-order valence-electron chi connectivity index (χ4n) is 1.50. The van der Waals surface area contributed by atoms with Crippen molar-refractivity contribution in [1.82, 2.24) is 5.32 Å². The molecule has 0 spiro atoms. The van der Waals surface area contributed by atoms with E-state index >= 15 is 0 Å². The number of para-hydroxylation sites is 1. The zero-order valence-electron chi connectivity index (χ0n) is 11.1. The molecular weight excluding hydrogens is 230 g/mol. The van der Waals surface area contributed by atoms with Crippen molar-refractivity contribution in [2.45, 2.75) is 20.3 Å². The molecule has 0 aliphatic heterocycles. The number of carbonyl (C=O) groups is 1. The SMILES string of the molecule is CCOC(=O)CCNCCOc1ccccc1C. The van der Waals surface area contributed by atoms with Crippen molar-refractivity contribution in [3.8, 4) is 5.75 Å². The predicted octanol–water partition coefficient (Wildman–Crippen LogP) is 1.92. The molecule has 0 aromatic heterocycles. The number of nitrogens with one attached hydrogen (secondary N) is 1. The predicted molar refractivity (Wildman–Crippen MR) is 70.8 cm³/mol. The van der Waals surface area contributed by atoms with Crippen LogP contribution in [0.3, 0.4) is 0 Å². The number of hydrogen-bond donors (Lipinski definition) is 1. The van der Waals surface area contributed by atoms with Crippen molar-refractivity contribution in [2.24, 2.45) is 0 Å². The van der Waals surface area contributed by atoms with Crippen LogP contribution in [-0.2, 0) is 9.53 Å². The zero-order valence-corrected chi connectivity index (χ0v) is 11.1. The third-order valence-electron chi connectivity index (χ3n) is 2.44. The molecule has 0 atom stereocenters. The van der Waals surface area contributed by atoms with Crippen LogP contribution in [0.2, 0.25) is 0 Å². The van der Waals surface area contributed by atoms with E-state index in [9.17, 15) is 4.79 Å². The quantitative estimate of drug-likeness (QED) is 0.566. The molecule has 0 heterocycles. The highest BCUT2D eigenvalue weighted by atomic mass is 16.5. The maximum absolute atomic E-state index is 11.0. The molecule has 4 heteroatoms. The molecule has 0 amide bonds. The molecule has 0 aliphatic rings. The number of hydrogen-bond acceptors (Lipinski definition) is 4. The molecule has 1 rings (SSSR count). The van der Waals surface area contributed by atoms with Crippen LogP contribution in [0.5, 0.6) is 5.75 Å². The fraction of sp³-hybridized carbons (Fsp3) is 0.500. The maximum Gasteiger partial charge on any atom is 0.307 e. The molecule has 0 bridgehead atoms. The van der Waals surface area contributed by atoms with Crippen molar-refractivity contribution in [1.29, 1.82) is 0 Å². The summed E-state index contributed by atoms with van der Waals surface area (Å²) >= 11 is 0. The van der Waals surface area contributed by atoms with Crippen LogP contribution in [0.15, 0.2) is 24.3 Å². The van der Waals surface area contributed by atoms with Crippen molar-refractivity contribution >= 4 is 5.97 Å². The van der Waals surface area contributed by atoms with Gasteiger partial charge in [-0.15, -0.1) is 0 Å². The average Bonchev–Trinajstić information content (AvgIpc) is 2.36. The number of carbonyl (C=O) groups excluding carboxylic acids is 1. The zero-order chi connectivity index (χ0) is 13.2. The number of benzene rings is 1. The Morgan fingerprint density at radius 2 is 2.06 bits per heavy atom. The first-order valence-electron chi connectivity index (χ1n) is 6.28. The van der Waals surface area contributed by atoms with Crippen molar-refractivity contribution in [3.05, 3.63) is 29.8 Å². The third kappa shape index (κ3) is 5.68. The van der Waals surface area contributed by atoms with Gasteiger partial charge in [0, 0.05) is 13.1 Å². The van der Waals surface area contributed by atoms with Gasteiger partial charge in [-0.25, -0.2) is 0 Å². The van der Waals surface area contributed by atoms with Crippen molar-refractivity contribution in [3.63, 3.8) is 0 Å². The molecule has 0 aliphatic carbocycles. The topological polar surface area (TPSA) is 47.6 Å². The largest absolute Gasteiger partial charge is 0.492 e. The molecule has 1 N–H and O–H groups in total. The van der Waals surface area contributed by atoms with Gasteiger partial charge in [-0.3, -0.25) is 4.79 Å². The second-order valence-corrected chi connectivity index (χ2v) is 3.92. The number of rotatable bonds is 8. The number of aryl methyl sites for hydroxylation is 1. The van der Waals surface area contributed by atoms with E-state index < -0.39 is 0 Å². The number of esters is 1. The molecule has 0 saturated carbocycles. The van der Waals surface area contributed by atoms with E-state index in [4.69, 9.17) is 9.47 Å². The van der Waals surface area contributed by atoms with Crippen LogP contribution in [0, 0.1) is 6.92 Å². The first-order valence-corrected chi connectivity index (χ1v) is 6.28. The van der Waals surface area contributed by atoms with E-state index in [1.165, 1.54) is 0 Å². The second-order valence-electron chi connectivity index (χ2n) is 3.92. The highest BCUT2D eigenvalue weighted by molar-refractivity contribution is 5.69.